The fraction of sp³-hybridized carbons (Fsp3) is 0.316. The predicted molar refractivity (Wildman–Crippen MR) is 93.2 cm³/mol. The van der Waals surface area contributed by atoms with Gasteiger partial charge in [0.2, 0.25) is 0 Å². The molecule has 1 atom stereocenters. The molecule has 1 aromatic heterocycles. The third-order valence-electron chi connectivity index (χ3n) is 4.06. The summed E-state index contributed by atoms with van der Waals surface area (Å²) < 4.78 is 5.48. The normalized spacial score (nSPS) is 16.4. The number of rotatable bonds is 6. The first-order chi connectivity index (χ1) is 12.2. The van der Waals surface area contributed by atoms with E-state index in [-0.39, 0.29) is 23.6 Å². The Bertz CT molecular complexity index is 728. The smallest absolute Gasteiger partial charge is 0.269 e. The summed E-state index contributed by atoms with van der Waals surface area (Å²) in [7, 11) is 0. The number of hydrogen-bond acceptors (Lipinski definition) is 4. The van der Waals surface area contributed by atoms with E-state index in [0.29, 0.717) is 18.7 Å². The molecule has 1 aromatic carbocycles. The lowest BCUT2D eigenvalue weighted by Crippen LogP contribution is -2.32. The molecular weight excluding hydrogens is 318 g/mol. The van der Waals surface area contributed by atoms with Gasteiger partial charge in [0.25, 0.3) is 11.8 Å². The molecule has 2 N–H and O–H groups in total. The number of carbonyl (C=O) groups excluding carboxylic acids is 2. The fourth-order valence-electron chi connectivity index (χ4n) is 2.68. The van der Waals surface area contributed by atoms with E-state index < -0.39 is 0 Å². The Labute approximate surface area is 146 Å². The number of nitrogens with zero attached hydrogens (tertiary/aromatic N) is 1. The van der Waals surface area contributed by atoms with E-state index in [1.54, 1.807) is 6.07 Å². The molecule has 3 rings (SSSR count). The minimum absolute atomic E-state index is 0.0707. The van der Waals surface area contributed by atoms with Gasteiger partial charge in [-0.1, -0.05) is 30.3 Å². The zero-order chi connectivity index (χ0) is 17.5. The third kappa shape index (κ3) is 4.87. The Morgan fingerprint density at radius 2 is 1.96 bits per heavy atom. The van der Waals surface area contributed by atoms with Crippen molar-refractivity contribution in [1.29, 1.82) is 0 Å². The summed E-state index contributed by atoms with van der Waals surface area (Å²) in [5.41, 5.74) is 1.65. The molecular formula is C19H21N3O3. The lowest BCUT2D eigenvalue weighted by Gasteiger charge is -2.11. The molecule has 1 fully saturated rings. The van der Waals surface area contributed by atoms with Crippen molar-refractivity contribution >= 4 is 11.8 Å². The largest absolute Gasteiger partial charge is 0.376 e. The monoisotopic (exact) mass is 339 g/mol. The van der Waals surface area contributed by atoms with Crippen LogP contribution in [0.1, 0.15) is 39.3 Å². The first-order valence-electron chi connectivity index (χ1n) is 8.40. The van der Waals surface area contributed by atoms with Gasteiger partial charge in [-0.2, -0.15) is 0 Å². The zero-order valence-electron chi connectivity index (χ0n) is 13.9. The molecule has 2 aromatic rings. The van der Waals surface area contributed by atoms with Gasteiger partial charge >= 0.3 is 0 Å². The number of aromatic nitrogens is 1. The second-order valence-corrected chi connectivity index (χ2v) is 5.94. The van der Waals surface area contributed by atoms with Gasteiger partial charge in [0.05, 0.1) is 6.10 Å². The molecule has 2 heterocycles. The Hall–Kier alpha value is -2.73. The Balaban J connectivity index is 1.56. The molecule has 0 aliphatic carbocycles. The molecule has 6 nitrogen and oxygen atoms in total. The van der Waals surface area contributed by atoms with E-state index in [9.17, 15) is 9.59 Å². The number of benzene rings is 1. The summed E-state index contributed by atoms with van der Waals surface area (Å²) >= 11 is 0. The summed E-state index contributed by atoms with van der Waals surface area (Å²) in [5, 5.41) is 5.65. The average Bonchev–Trinajstić information content (AvgIpc) is 3.18. The van der Waals surface area contributed by atoms with Gasteiger partial charge in [-0.05, 0) is 30.5 Å². The van der Waals surface area contributed by atoms with Crippen LogP contribution in [0.2, 0.25) is 0 Å². The van der Waals surface area contributed by atoms with Crippen molar-refractivity contribution in [2.24, 2.45) is 0 Å². The van der Waals surface area contributed by atoms with Crippen LogP contribution >= 0.6 is 0 Å². The zero-order valence-corrected chi connectivity index (χ0v) is 13.9. The van der Waals surface area contributed by atoms with Crippen molar-refractivity contribution in [2.45, 2.75) is 25.5 Å². The van der Waals surface area contributed by atoms with Crippen molar-refractivity contribution in [1.82, 2.24) is 15.6 Å². The molecule has 1 saturated heterocycles. The van der Waals surface area contributed by atoms with Crippen LogP contribution in [0.5, 0.6) is 0 Å². The maximum Gasteiger partial charge on any atom is 0.269 e. The minimum Gasteiger partial charge on any atom is -0.376 e. The minimum atomic E-state index is -0.298. The second-order valence-electron chi connectivity index (χ2n) is 5.94. The standard InChI is InChI=1S/C19H21N3O3/c23-18(21-12-14-5-2-1-3-6-14)15-8-9-20-17(11-15)19(24)22-13-16-7-4-10-25-16/h1-3,5-6,8-9,11,16H,4,7,10,12-13H2,(H,21,23)(H,22,24). The summed E-state index contributed by atoms with van der Waals surface area (Å²) in [5.74, 6) is -0.535. The van der Waals surface area contributed by atoms with Crippen molar-refractivity contribution in [3.8, 4) is 0 Å². The van der Waals surface area contributed by atoms with Crippen molar-refractivity contribution in [2.75, 3.05) is 13.2 Å². The van der Waals surface area contributed by atoms with Gasteiger partial charge in [-0.25, -0.2) is 0 Å². The van der Waals surface area contributed by atoms with Gasteiger partial charge in [-0.3, -0.25) is 14.6 Å². The highest BCUT2D eigenvalue weighted by Crippen LogP contribution is 2.11. The number of amides is 2. The SMILES string of the molecule is O=C(NCc1ccccc1)c1ccnc(C(=O)NCC2CCCO2)c1. The van der Waals surface area contributed by atoms with Crippen LogP contribution in [0.4, 0.5) is 0 Å². The highest BCUT2D eigenvalue weighted by molar-refractivity contribution is 5.98. The summed E-state index contributed by atoms with van der Waals surface area (Å²) in [6, 6.07) is 12.8. The van der Waals surface area contributed by atoms with Gasteiger partial charge in [0.15, 0.2) is 0 Å². The van der Waals surface area contributed by atoms with Crippen LogP contribution < -0.4 is 10.6 Å². The second kappa shape index (κ2) is 8.39. The lowest BCUT2D eigenvalue weighted by atomic mass is 10.2. The Morgan fingerprint density at radius 3 is 2.72 bits per heavy atom. The lowest BCUT2D eigenvalue weighted by molar-refractivity contribution is 0.0853. The van der Waals surface area contributed by atoms with Crippen LogP contribution in [-0.2, 0) is 11.3 Å². The fourth-order valence-corrected chi connectivity index (χ4v) is 2.68. The van der Waals surface area contributed by atoms with Crippen LogP contribution in [-0.4, -0.2) is 36.1 Å². The molecule has 0 spiro atoms. The van der Waals surface area contributed by atoms with Gasteiger partial charge < -0.3 is 15.4 Å². The van der Waals surface area contributed by atoms with E-state index >= 15 is 0 Å². The Kier molecular flexibility index (Phi) is 5.74. The summed E-state index contributed by atoms with van der Waals surface area (Å²) in [6.45, 7) is 1.64. The molecule has 0 saturated carbocycles. The maximum atomic E-state index is 12.3. The Morgan fingerprint density at radius 1 is 1.12 bits per heavy atom. The molecule has 6 heteroatoms. The molecule has 0 bridgehead atoms. The average molecular weight is 339 g/mol. The van der Waals surface area contributed by atoms with E-state index in [0.717, 1.165) is 25.0 Å². The first-order valence-corrected chi connectivity index (χ1v) is 8.40. The van der Waals surface area contributed by atoms with Gasteiger partial charge in [-0.15, -0.1) is 0 Å². The molecule has 130 valence electrons. The predicted octanol–water partition coefficient (Wildman–Crippen LogP) is 1.92. The third-order valence-corrected chi connectivity index (χ3v) is 4.06. The molecule has 0 radical (unpaired) electrons. The molecule has 1 aliphatic rings. The number of ether oxygens (including phenoxy) is 1. The highest BCUT2D eigenvalue weighted by Gasteiger charge is 2.17. The quantitative estimate of drug-likeness (QED) is 0.843. The molecule has 1 unspecified atom stereocenters. The van der Waals surface area contributed by atoms with E-state index in [4.69, 9.17) is 4.74 Å². The van der Waals surface area contributed by atoms with E-state index in [1.807, 2.05) is 30.3 Å². The molecule has 25 heavy (non-hydrogen) atoms. The highest BCUT2D eigenvalue weighted by atomic mass is 16.5. The van der Waals surface area contributed by atoms with Crippen LogP contribution in [0.25, 0.3) is 0 Å². The van der Waals surface area contributed by atoms with E-state index in [2.05, 4.69) is 15.6 Å². The van der Waals surface area contributed by atoms with E-state index in [1.165, 1.54) is 12.3 Å². The summed E-state index contributed by atoms with van der Waals surface area (Å²) in [4.78, 5) is 28.5. The maximum absolute atomic E-state index is 12.3. The van der Waals surface area contributed by atoms with Crippen LogP contribution in [0.3, 0.4) is 0 Å². The van der Waals surface area contributed by atoms with Gasteiger partial charge in [0, 0.05) is 31.5 Å². The number of hydrogen-bond donors (Lipinski definition) is 2. The molecule has 1 aliphatic heterocycles. The van der Waals surface area contributed by atoms with Crippen molar-refractivity contribution in [3.05, 3.63) is 65.5 Å². The van der Waals surface area contributed by atoms with Gasteiger partial charge in [0.1, 0.15) is 5.69 Å². The van der Waals surface area contributed by atoms with Crippen LogP contribution in [0.15, 0.2) is 48.7 Å². The van der Waals surface area contributed by atoms with Crippen molar-refractivity contribution in [3.63, 3.8) is 0 Å². The van der Waals surface area contributed by atoms with Crippen molar-refractivity contribution < 1.29 is 14.3 Å². The summed E-state index contributed by atoms with van der Waals surface area (Å²) in [6.07, 6.45) is 3.52. The topological polar surface area (TPSA) is 80.3 Å². The molecule has 2 amide bonds. The number of nitrogens with one attached hydrogen (secondary N) is 2. The van der Waals surface area contributed by atoms with Crippen LogP contribution in [0, 0.1) is 0 Å². The number of carbonyl (C=O) groups is 2. The first kappa shape index (κ1) is 17.1. The number of pyridine rings is 1.